The fourth-order valence-corrected chi connectivity index (χ4v) is 3.11. The Morgan fingerprint density at radius 2 is 2.08 bits per heavy atom. The second kappa shape index (κ2) is 9.49. The van der Waals surface area contributed by atoms with E-state index in [4.69, 9.17) is 4.74 Å². The van der Waals surface area contributed by atoms with E-state index in [1.807, 2.05) is 0 Å². The van der Waals surface area contributed by atoms with Crippen LogP contribution in [0.3, 0.4) is 0 Å². The first-order chi connectivity index (χ1) is 11.6. The number of amides is 2. The number of hydrogen-bond donors (Lipinski definition) is 3. The van der Waals surface area contributed by atoms with Gasteiger partial charge in [-0.3, -0.25) is 4.90 Å². The molecule has 1 aliphatic rings. The van der Waals surface area contributed by atoms with Gasteiger partial charge in [0.25, 0.3) is 0 Å². The normalized spacial score (nSPS) is 19.5. The van der Waals surface area contributed by atoms with Gasteiger partial charge in [-0.1, -0.05) is 25.5 Å². The number of ether oxygens (including phenoxy) is 1. The van der Waals surface area contributed by atoms with Gasteiger partial charge in [-0.05, 0) is 43.6 Å². The summed E-state index contributed by atoms with van der Waals surface area (Å²) >= 11 is 0. The zero-order chi connectivity index (χ0) is 17.4. The molecule has 2 amide bonds. The highest BCUT2D eigenvalue weighted by Gasteiger charge is 2.21. The van der Waals surface area contributed by atoms with Gasteiger partial charge >= 0.3 is 6.03 Å². The number of aliphatic hydroxyl groups is 1. The number of carbonyl (C=O) groups is 1. The molecule has 1 aliphatic heterocycles. The molecule has 0 aliphatic carbocycles. The van der Waals surface area contributed by atoms with Crippen molar-refractivity contribution in [3.63, 3.8) is 0 Å². The molecular formula is C18H29N3O3. The average Bonchev–Trinajstić information content (AvgIpc) is 2.64. The molecule has 3 N–H and O–H groups in total. The molecule has 6 nitrogen and oxygen atoms in total. The van der Waals surface area contributed by atoms with Gasteiger partial charge in [0.05, 0.1) is 13.2 Å². The minimum absolute atomic E-state index is 0.181. The molecule has 24 heavy (non-hydrogen) atoms. The topological polar surface area (TPSA) is 73.8 Å². The van der Waals surface area contributed by atoms with Gasteiger partial charge in [0.15, 0.2) is 0 Å². The number of hydrogen-bond acceptors (Lipinski definition) is 4. The molecule has 0 radical (unpaired) electrons. The summed E-state index contributed by atoms with van der Waals surface area (Å²) < 4.78 is 5.09. The van der Waals surface area contributed by atoms with Crippen molar-refractivity contribution in [2.75, 3.05) is 33.3 Å². The molecule has 6 heteroatoms. The zero-order valence-electron chi connectivity index (χ0n) is 14.6. The number of carbonyl (C=O) groups excluding carboxylic acids is 1. The maximum absolute atomic E-state index is 11.9. The fraction of sp³-hybridized carbons (Fsp3) is 0.611. The SMILES string of the molecule is CCN1CCCC[C@H]1CNC(=O)NC[C@H](O)c1ccc(OC)cc1. The molecule has 0 spiro atoms. The van der Waals surface area contributed by atoms with Gasteiger partial charge in [0, 0.05) is 19.1 Å². The largest absolute Gasteiger partial charge is 0.497 e. The van der Waals surface area contributed by atoms with Crippen molar-refractivity contribution in [1.82, 2.24) is 15.5 Å². The number of aliphatic hydroxyl groups excluding tert-OH is 1. The van der Waals surface area contributed by atoms with E-state index in [2.05, 4.69) is 22.5 Å². The predicted octanol–water partition coefficient (Wildman–Crippen LogP) is 1.90. The maximum atomic E-state index is 11.9. The Kier molecular flexibility index (Phi) is 7.34. The average molecular weight is 335 g/mol. The lowest BCUT2D eigenvalue weighted by atomic mass is 10.0. The summed E-state index contributed by atoms with van der Waals surface area (Å²) in [6.07, 6.45) is 2.86. The molecule has 0 aromatic heterocycles. The van der Waals surface area contributed by atoms with Gasteiger partial charge in [-0.2, -0.15) is 0 Å². The van der Waals surface area contributed by atoms with E-state index in [-0.39, 0.29) is 12.6 Å². The molecular weight excluding hydrogens is 306 g/mol. The van der Waals surface area contributed by atoms with Crippen molar-refractivity contribution in [2.45, 2.75) is 38.3 Å². The number of rotatable bonds is 7. The van der Waals surface area contributed by atoms with E-state index in [0.29, 0.717) is 12.6 Å². The number of benzene rings is 1. The van der Waals surface area contributed by atoms with E-state index in [0.717, 1.165) is 30.8 Å². The molecule has 134 valence electrons. The molecule has 0 bridgehead atoms. The fourth-order valence-electron chi connectivity index (χ4n) is 3.11. The van der Waals surface area contributed by atoms with Gasteiger partial charge in [0.1, 0.15) is 5.75 Å². The summed E-state index contributed by atoms with van der Waals surface area (Å²) in [6, 6.07) is 7.36. The lowest BCUT2D eigenvalue weighted by Gasteiger charge is -2.34. The van der Waals surface area contributed by atoms with Gasteiger partial charge in [0.2, 0.25) is 0 Å². The van der Waals surface area contributed by atoms with Crippen molar-refractivity contribution >= 4 is 6.03 Å². The van der Waals surface area contributed by atoms with Gasteiger partial charge in [-0.15, -0.1) is 0 Å². The third kappa shape index (κ3) is 5.39. The van der Waals surface area contributed by atoms with Crippen LogP contribution in [-0.2, 0) is 0 Å². The molecule has 1 aromatic rings. The Hall–Kier alpha value is -1.79. The summed E-state index contributed by atoms with van der Waals surface area (Å²) in [6.45, 7) is 5.12. The van der Waals surface area contributed by atoms with Crippen molar-refractivity contribution in [3.8, 4) is 5.75 Å². The second-order valence-corrected chi connectivity index (χ2v) is 6.16. The van der Waals surface area contributed by atoms with E-state index in [1.54, 1.807) is 31.4 Å². The highest BCUT2D eigenvalue weighted by molar-refractivity contribution is 5.73. The third-order valence-corrected chi connectivity index (χ3v) is 4.61. The van der Waals surface area contributed by atoms with Crippen LogP contribution >= 0.6 is 0 Å². The molecule has 2 atom stereocenters. The van der Waals surface area contributed by atoms with Crippen LogP contribution in [0.4, 0.5) is 4.79 Å². The highest BCUT2D eigenvalue weighted by atomic mass is 16.5. The van der Waals surface area contributed by atoms with Gasteiger partial charge in [-0.25, -0.2) is 4.79 Å². The van der Waals surface area contributed by atoms with Crippen LogP contribution in [0.5, 0.6) is 5.75 Å². The van der Waals surface area contributed by atoms with Crippen LogP contribution < -0.4 is 15.4 Å². The summed E-state index contributed by atoms with van der Waals surface area (Å²) in [4.78, 5) is 14.4. The summed E-state index contributed by atoms with van der Waals surface area (Å²) in [5, 5.41) is 15.8. The minimum atomic E-state index is -0.733. The molecule has 1 fully saturated rings. The number of urea groups is 1. The van der Waals surface area contributed by atoms with E-state index in [9.17, 15) is 9.90 Å². The third-order valence-electron chi connectivity index (χ3n) is 4.61. The van der Waals surface area contributed by atoms with Crippen LogP contribution in [0.25, 0.3) is 0 Å². The monoisotopic (exact) mass is 335 g/mol. The van der Waals surface area contributed by atoms with E-state index < -0.39 is 6.10 Å². The Bertz CT molecular complexity index is 507. The molecule has 1 aromatic carbocycles. The molecule has 0 unspecified atom stereocenters. The van der Waals surface area contributed by atoms with Crippen molar-refractivity contribution < 1.29 is 14.6 Å². The van der Waals surface area contributed by atoms with E-state index in [1.165, 1.54) is 12.8 Å². The van der Waals surface area contributed by atoms with Gasteiger partial charge < -0.3 is 20.5 Å². The maximum Gasteiger partial charge on any atom is 0.314 e. The van der Waals surface area contributed by atoms with Crippen LogP contribution in [0.2, 0.25) is 0 Å². The Morgan fingerprint density at radius 1 is 1.33 bits per heavy atom. The van der Waals surface area contributed by atoms with E-state index >= 15 is 0 Å². The summed E-state index contributed by atoms with van der Waals surface area (Å²) in [7, 11) is 1.60. The first-order valence-electron chi connectivity index (χ1n) is 8.71. The molecule has 1 saturated heterocycles. The van der Waals surface area contributed by atoms with Crippen molar-refractivity contribution in [2.24, 2.45) is 0 Å². The van der Waals surface area contributed by atoms with Crippen LogP contribution in [-0.4, -0.2) is 55.4 Å². The zero-order valence-corrected chi connectivity index (χ0v) is 14.6. The number of piperidine rings is 1. The second-order valence-electron chi connectivity index (χ2n) is 6.16. The first kappa shape index (κ1) is 18.5. The smallest absolute Gasteiger partial charge is 0.314 e. The van der Waals surface area contributed by atoms with Crippen LogP contribution in [0.15, 0.2) is 24.3 Å². The lowest BCUT2D eigenvalue weighted by Crippen LogP contribution is -2.48. The number of methoxy groups -OCH3 is 1. The Labute approximate surface area is 144 Å². The minimum Gasteiger partial charge on any atom is -0.497 e. The molecule has 0 saturated carbocycles. The standard InChI is InChI=1S/C18H29N3O3/c1-3-21-11-5-4-6-15(21)12-19-18(23)20-13-17(22)14-7-9-16(24-2)10-8-14/h7-10,15,17,22H,3-6,11-13H2,1-2H3,(H2,19,20,23)/t15-,17-/m0/s1. The van der Waals surface area contributed by atoms with Crippen LogP contribution in [0, 0.1) is 0 Å². The lowest BCUT2D eigenvalue weighted by molar-refractivity contribution is 0.151. The summed E-state index contributed by atoms with van der Waals surface area (Å²) in [5.41, 5.74) is 0.750. The summed E-state index contributed by atoms with van der Waals surface area (Å²) in [5.74, 6) is 0.740. The number of nitrogens with one attached hydrogen (secondary N) is 2. The van der Waals surface area contributed by atoms with Crippen molar-refractivity contribution in [3.05, 3.63) is 29.8 Å². The van der Waals surface area contributed by atoms with Crippen LogP contribution in [0.1, 0.15) is 37.9 Å². The Morgan fingerprint density at radius 3 is 2.75 bits per heavy atom. The number of likely N-dealkylation sites (N-methyl/N-ethyl adjacent to an activating group) is 1. The molecule has 2 rings (SSSR count). The first-order valence-corrected chi connectivity index (χ1v) is 8.71. The number of likely N-dealkylation sites (tertiary alicyclic amines) is 1. The predicted molar refractivity (Wildman–Crippen MR) is 94.2 cm³/mol. The quantitative estimate of drug-likeness (QED) is 0.711. The highest BCUT2D eigenvalue weighted by Crippen LogP contribution is 2.17. The Balaban J connectivity index is 1.71. The van der Waals surface area contributed by atoms with Crippen molar-refractivity contribution in [1.29, 1.82) is 0 Å². The molecule has 1 heterocycles. The number of nitrogens with zero attached hydrogens (tertiary/aromatic N) is 1.